The van der Waals surface area contributed by atoms with Gasteiger partial charge >= 0.3 is 0 Å². The lowest BCUT2D eigenvalue weighted by Crippen LogP contribution is -1.88. The Balaban J connectivity index is 3.09. The Morgan fingerprint density at radius 3 is 2.29 bits per heavy atom. The Morgan fingerprint density at radius 1 is 1.14 bits per heavy atom. The molecule has 74 valence electrons. The van der Waals surface area contributed by atoms with Crippen LogP contribution in [0.5, 0.6) is 0 Å². The molecule has 0 aliphatic heterocycles. The van der Waals surface area contributed by atoms with Crippen molar-refractivity contribution in [2.45, 2.75) is 27.7 Å². The van der Waals surface area contributed by atoms with Gasteiger partial charge in [0.05, 0.1) is 0 Å². The van der Waals surface area contributed by atoms with E-state index in [2.05, 4.69) is 32.0 Å². The standard InChI is InChI=1S/C13H16O/c1-9-5-6-13(8-10(9)2)11(3)7-12(4)14/h5-8H,1-4H3/b11-7+. The zero-order valence-corrected chi connectivity index (χ0v) is 9.22. The zero-order valence-electron chi connectivity index (χ0n) is 9.22. The monoisotopic (exact) mass is 188 g/mol. The van der Waals surface area contributed by atoms with E-state index in [9.17, 15) is 4.79 Å². The summed E-state index contributed by atoms with van der Waals surface area (Å²) in [7, 11) is 0. The maximum atomic E-state index is 10.9. The number of aryl methyl sites for hydroxylation is 2. The normalized spacial score (nSPS) is 11.6. The van der Waals surface area contributed by atoms with Crippen molar-refractivity contribution in [3.8, 4) is 0 Å². The molecule has 1 rings (SSSR count). The van der Waals surface area contributed by atoms with Crippen molar-refractivity contribution in [1.29, 1.82) is 0 Å². The van der Waals surface area contributed by atoms with Gasteiger partial charge in [-0.1, -0.05) is 18.2 Å². The smallest absolute Gasteiger partial charge is 0.152 e. The first-order valence-electron chi connectivity index (χ1n) is 4.77. The van der Waals surface area contributed by atoms with Crippen LogP contribution in [0, 0.1) is 13.8 Å². The largest absolute Gasteiger partial charge is 0.295 e. The van der Waals surface area contributed by atoms with E-state index in [4.69, 9.17) is 0 Å². The van der Waals surface area contributed by atoms with Gasteiger partial charge in [0.2, 0.25) is 0 Å². The Bertz CT molecular complexity index is 386. The van der Waals surface area contributed by atoms with E-state index in [0.29, 0.717) is 0 Å². The molecule has 0 unspecified atom stereocenters. The average molecular weight is 188 g/mol. The molecule has 0 fully saturated rings. The van der Waals surface area contributed by atoms with Crippen molar-refractivity contribution >= 4 is 11.4 Å². The molecule has 0 aliphatic carbocycles. The predicted octanol–water partition coefficient (Wildman–Crippen LogP) is 3.30. The first-order chi connectivity index (χ1) is 6.50. The van der Waals surface area contributed by atoms with Crippen molar-refractivity contribution in [3.05, 3.63) is 41.0 Å². The van der Waals surface area contributed by atoms with Crippen molar-refractivity contribution in [2.75, 3.05) is 0 Å². The molecule has 1 nitrogen and oxygen atoms in total. The lowest BCUT2D eigenvalue weighted by Gasteiger charge is -2.04. The summed E-state index contributed by atoms with van der Waals surface area (Å²) in [6, 6.07) is 6.25. The summed E-state index contributed by atoms with van der Waals surface area (Å²) in [5.41, 5.74) is 4.70. The van der Waals surface area contributed by atoms with E-state index in [1.54, 1.807) is 13.0 Å². The molecule has 0 aliphatic rings. The van der Waals surface area contributed by atoms with Crippen LogP contribution in [0.3, 0.4) is 0 Å². The minimum atomic E-state index is 0.0979. The van der Waals surface area contributed by atoms with E-state index in [0.717, 1.165) is 11.1 Å². The van der Waals surface area contributed by atoms with Gasteiger partial charge in [0, 0.05) is 0 Å². The zero-order chi connectivity index (χ0) is 10.7. The van der Waals surface area contributed by atoms with E-state index in [1.807, 2.05) is 6.92 Å². The number of hydrogen-bond donors (Lipinski definition) is 0. The third kappa shape index (κ3) is 2.56. The molecule has 0 saturated carbocycles. The van der Waals surface area contributed by atoms with Gasteiger partial charge in [0.1, 0.15) is 0 Å². The number of benzene rings is 1. The highest BCUT2D eigenvalue weighted by Crippen LogP contribution is 2.17. The van der Waals surface area contributed by atoms with Gasteiger partial charge in [-0.2, -0.15) is 0 Å². The highest BCUT2D eigenvalue weighted by Gasteiger charge is 1.99. The molecule has 0 radical (unpaired) electrons. The molecule has 0 saturated heterocycles. The van der Waals surface area contributed by atoms with Crippen LogP contribution in [0.2, 0.25) is 0 Å². The molecule has 0 spiro atoms. The Hall–Kier alpha value is -1.37. The number of hydrogen-bond acceptors (Lipinski definition) is 1. The van der Waals surface area contributed by atoms with Crippen LogP contribution in [-0.4, -0.2) is 5.78 Å². The Labute approximate surface area is 85.5 Å². The maximum absolute atomic E-state index is 10.9. The van der Waals surface area contributed by atoms with E-state index in [-0.39, 0.29) is 5.78 Å². The third-order valence-corrected chi connectivity index (χ3v) is 2.38. The van der Waals surface area contributed by atoms with Crippen molar-refractivity contribution < 1.29 is 4.79 Å². The fourth-order valence-electron chi connectivity index (χ4n) is 1.37. The minimum Gasteiger partial charge on any atom is -0.295 e. The second kappa shape index (κ2) is 4.23. The second-order valence-corrected chi connectivity index (χ2v) is 3.74. The van der Waals surface area contributed by atoms with Crippen LogP contribution in [0.4, 0.5) is 0 Å². The molecule has 0 bridgehead atoms. The first kappa shape index (κ1) is 10.7. The number of carbonyl (C=O) groups is 1. The first-order valence-corrected chi connectivity index (χ1v) is 4.77. The molecular formula is C13H16O. The van der Waals surface area contributed by atoms with Gasteiger partial charge in [0.25, 0.3) is 0 Å². The quantitative estimate of drug-likeness (QED) is 0.651. The summed E-state index contributed by atoms with van der Waals surface area (Å²) in [4.78, 5) is 10.9. The van der Waals surface area contributed by atoms with Crippen LogP contribution in [-0.2, 0) is 4.79 Å². The van der Waals surface area contributed by atoms with Gasteiger partial charge < -0.3 is 0 Å². The predicted molar refractivity (Wildman–Crippen MR) is 60.2 cm³/mol. The molecule has 14 heavy (non-hydrogen) atoms. The molecular weight excluding hydrogens is 172 g/mol. The van der Waals surface area contributed by atoms with Gasteiger partial charge in [0.15, 0.2) is 5.78 Å². The van der Waals surface area contributed by atoms with E-state index in [1.165, 1.54) is 11.1 Å². The lowest BCUT2D eigenvalue weighted by molar-refractivity contribution is -0.112. The van der Waals surface area contributed by atoms with Crippen LogP contribution < -0.4 is 0 Å². The van der Waals surface area contributed by atoms with E-state index >= 15 is 0 Å². The highest BCUT2D eigenvalue weighted by molar-refractivity contribution is 5.94. The second-order valence-electron chi connectivity index (χ2n) is 3.74. The summed E-state index contributed by atoms with van der Waals surface area (Å²) in [5, 5.41) is 0. The topological polar surface area (TPSA) is 17.1 Å². The Morgan fingerprint density at radius 2 is 1.79 bits per heavy atom. The molecule has 1 aromatic rings. The summed E-state index contributed by atoms with van der Waals surface area (Å²) in [5.74, 6) is 0.0979. The van der Waals surface area contributed by atoms with Crippen molar-refractivity contribution in [2.24, 2.45) is 0 Å². The molecule has 0 atom stereocenters. The minimum absolute atomic E-state index is 0.0979. The molecule has 0 amide bonds. The fraction of sp³-hybridized carbons (Fsp3) is 0.308. The van der Waals surface area contributed by atoms with E-state index < -0.39 is 0 Å². The van der Waals surface area contributed by atoms with Crippen molar-refractivity contribution in [1.82, 2.24) is 0 Å². The molecule has 1 aromatic carbocycles. The molecule has 0 aromatic heterocycles. The molecule has 1 heteroatoms. The van der Waals surface area contributed by atoms with Crippen molar-refractivity contribution in [3.63, 3.8) is 0 Å². The van der Waals surface area contributed by atoms with Crippen LogP contribution in [0.25, 0.3) is 5.57 Å². The average Bonchev–Trinajstić information content (AvgIpc) is 2.08. The van der Waals surface area contributed by atoms with Crippen LogP contribution in [0.1, 0.15) is 30.5 Å². The van der Waals surface area contributed by atoms with Gasteiger partial charge in [-0.25, -0.2) is 0 Å². The number of ketones is 1. The maximum Gasteiger partial charge on any atom is 0.152 e. The molecule has 0 heterocycles. The number of allylic oxidation sites excluding steroid dienone is 2. The number of carbonyl (C=O) groups excluding carboxylic acids is 1. The fourth-order valence-corrected chi connectivity index (χ4v) is 1.37. The number of rotatable bonds is 2. The third-order valence-electron chi connectivity index (χ3n) is 2.38. The lowest BCUT2D eigenvalue weighted by atomic mass is 10.0. The van der Waals surface area contributed by atoms with Crippen LogP contribution in [0.15, 0.2) is 24.3 Å². The summed E-state index contributed by atoms with van der Waals surface area (Å²) < 4.78 is 0. The van der Waals surface area contributed by atoms with Gasteiger partial charge in [-0.05, 0) is 56.0 Å². The molecule has 0 N–H and O–H groups in total. The SMILES string of the molecule is CC(=O)/C=C(\C)c1ccc(C)c(C)c1. The Kier molecular flexibility index (Phi) is 3.23. The highest BCUT2D eigenvalue weighted by atomic mass is 16.1. The van der Waals surface area contributed by atoms with Gasteiger partial charge in [-0.3, -0.25) is 4.79 Å². The summed E-state index contributed by atoms with van der Waals surface area (Å²) in [6.07, 6.45) is 1.67. The van der Waals surface area contributed by atoms with Gasteiger partial charge in [-0.15, -0.1) is 0 Å². The summed E-state index contributed by atoms with van der Waals surface area (Å²) >= 11 is 0. The van der Waals surface area contributed by atoms with Crippen LogP contribution >= 0.6 is 0 Å². The summed E-state index contributed by atoms with van der Waals surface area (Å²) in [6.45, 7) is 7.71.